The Morgan fingerprint density at radius 3 is 2.79 bits per heavy atom. The van der Waals surface area contributed by atoms with Gasteiger partial charge in [-0.05, 0) is 19.3 Å². The first kappa shape index (κ1) is 14.6. The highest BCUT2D eigenvalue weighted by molar-refractivity contribution is 8.06. The second-order valence-electron chi connectivity index (χ2n) is 6.43. The number of thioether (sulfide) groups is 2. The van der Waals surface area contributed by atoms with E-state index in [0.717, 1.165) is 11.3 Å². The van der Waals surface area contributed by atoms with Crippen LogP contribution in [-0.4, -0.2) is 58.6 Å². The molecule has 2 atom stereocenters. The van der Waals surface area contributed by atoms with E-state index in [4.69, 9.17) is 0 Å². The van der Waals surface area contributed by atoms with E-state index in [1.807, 2.05) is 0 Å². The fourth-order valence-corrected chi connectivity index (χ4v) is 6.64. The molecule has 0 aromatic carbocycles. The second-order valence-corrected chi connectivity index (χ2v) is 8.99. The number of nitrogens with zero attached hydrogens (tertiary/aromatic N) is 1. The van der Waals surface area contributed by atoms with Crippen molar-refractivity contribution < 1.29 is 0 Å². The average Bonchev–Trinajstić information content (AvgIpc) is 2.88. The summed E-state index contributed by atoms with van der Waals surface area (Å²) in [5.74, 6) is 4.10. The zero-order chi connectivity index (χ0) is 13.1. The second kappa shape index (κ2) is 6.59. The van der Waals surface area contributed by atoms with E-state index in [-0.39, 0.29) is 0 Å². The molecule has 0 bridgehead atoms. The van der Waals surface area contributed by atoms with Gasteiger partial charge in [0.25, 0.3) is 0 Å². The molecule has 0 amide bonds. The minimum absolute atomic E-state index is 0.484. The van der Waals surface area contributed by atoms with E-state index >= 15 is 0 Å². The fourth-order valence-electron chi connectivity index (χ4n) is 3.94. The van der Waals surface area contributed by atoms with Crippen LogP contribution in [0.25, 0.3) is 0 Å². The maximum atomic E-state index is 3.91. The van der Waals surface area contributed by atoms with Crippen molar-refractivity contribution in [3.63, 3.8) is 0 Å². The predicted octanol–water partition coefficient (Wildman–Crippen LogP) is 2.83. The van der Waals surface area contributed by atoms with Crippen molar-refractivity contribution in [1.82, 2.24) is 10.2 Å². The summed E-state index contributed by atoms with van der Waals surface area (Å²) in [6.07, 6.45) is 6.99. The third kappa shape index (κ3) is 3.45. The first-order chi connectivity index (χ1) is 9.31. The Hall–Kier alpha value is 0.620. The number of hydrogen-bond acceptors (Lipinski definition) is 4. The molecular formula is C15H28N2S2. The lowest BCUT2D eigenvalue weighted by atomic mass is 9.91. The largest absolute Gasteiger partial charge is 0.308 e. The van der Waals surface area contributed by atoms with Crippen LogP contribution in [-0.2, 0) is 0 Å². The van der Waals surface area contributed by atoms with Gasteiger partial charge in [0.05, 0.1) is 0 Å². The van der Waals surface area contributed by atoms with Crippen molar-refractivity contribution in [1.29, 1.82) is 0 Å². The Balaban J connectivity index is 1.61. The van der Waals surface area contributed by atoms with Crippen LogP contribution in [0.3, 0.4) is 0 Å². The minimum atomic E-state index is 0.484. The lowest BCUT2D eigenvalue weighted by Crippen LogP contribution is -2.63. The fraction of sp³-hybridized carbons (Fsp3) is 1.00. The summed E-state index contributed by atoms with van der Waals surface area (Å²) in [4.78, 5) is 2.84. The summed E-state index contributed by atoms with van der Waals surface area (Å²) < 4.78 is 0. The van der Waals surface area contributed by atoms with Crippen LogP contribution in [0.2, 0.25) is 0 Å². The van der Waals surface area contributed by atoms with Gasteiger partial charge in [-0.3, -0.25) is 4.90 Å². The van der Waals surface area contributed by atoms with Crippen LogP contribution in [0.4, 0.5) is 0 Å². The monoisotopic (exact) mass is 300 g/mol. The quantitative estimate of drug-likeness (QED) is 0.862. The molecule has 19 heavy (non-hydrogen) atoms. The van der Waals surface area contributed by atoms with Crippen molar-refractivity contribution in [2.45, 2.75) is 55.9 Å². The number of piperazine rings is 1. The lowest BCUT2D eigenvalue weighted by molar-refractivity contribution is 0.0799. The molecule has 2 heterocycles. The summed E-state index contributed by atoms with van der Waals surface area (Å²) in [5.41, 5.74) is 0.484. The summed E-state index contributed by atoms with van der Waals surface area (Å²) in [6, 6.07) is 0.777. The van der Waals surface area contributed by atoms with Gasteiger partial charge in [0, 0.05) is 53.7 Å². The molecule has 0 aromatic rings. The predicted molar refractivity (Wildman–Crippen MR) is 88.4 cm³/mol. The van der Waals surface area contributed by atoms with Crippen molar-refractivity contribution in [3.8, 4) is 0 Å². The molecule has 1 spiro atoms. The van der Waals surface area contributed by atoms with Gasteiger partial charge in [0.15, 0.2) is 0 Å². The molecule has 1 saturated carbocycles. The topological polar surface area (TPSA) is 15.3 Å². The van der Waals surface area contributed by atoms with Crippen molar-refractivity contribution in [2.75, 3.05) is 36.9 Å². The molecule has 2 saturated heterocycles. The smallest absolute Gasteiger partial charge is 0.0309 e. The molecule has 0 aromatic heterocycles. The van der Waals surface area contributed by atoms with E-state index in [2.05, 4.69) is 40.7 Å². The Morgan fingerprint density at radius 1 is 1.26 bits per heavy atom. The summed E-state index contributed by atoms with van der Waals surface area (Å²) >= 11 is 4.38. The molecule has 110 valence electrons. The lowest BCUT2D eigenvalue weighted by Gasteiger charge is -2.47. The number of nitrogens with one attached hydrogen (secondary N) is 1. The van der Waals surface area contributed by atoms with Crippen LogP contribution in [0.1, 0.15) is 39.0 Å². The zero-order valence-electron chi connectivity index (χ0n) is 12.2. The van der Waals surface area contributed by atoms with E-state index < -0.39 is 0 Å². The van der Waals surface area contributed by atoms with Crippen molar-refractivity contribution >= 4 is 23.5 Å². The molecular weight excluding hydrogens is 272 g/mol. The van der Waals surface area contributed by atoms with Crippen molar-refractivity contribution in [2.24, 2.45) is 0 Å². The van der Waals surface area contributed by atoms with Crippen LogP contribution < -0.4 is 5.32 Å². The Bertz CT molecular complexity index is 286. The highest BCUT2D eigenvalue weighted by Gasteiger charge is 2.41. The summed E-state index contributed by atoms with van der Waals surface area (Å²) in [7, 11) is 0. The highest BCUT2D eigenvalue weighted by atomic mass is 32.2. The van der Waals surface area contributed by atoms with Gasteiger partial charge in [-0.15, -0.1) is 0 Å². The van der Waals surface area contributed by atoms with Gasteiger partial charge in [0.2, 0.25) is 0 Å². The summed E-state index contributed by atoms with van der Waals surface area (Å²) in [6.45, 7) is 6.22. The van der Waals surface area contributed by atoms with Crippen LogP contribution in [0, 0.1) is 0 Å². The van der Waals surface area contributed by atoms with Gasteiger partial charge in [0.1, 0.15) is 0 Å². The molecule has 4 heteroatoms. The SMILES string of the molecule is CCC1CNC2(CCCC2)CN1CC1CSCCS1. The third-order valence-electron chi connectivity index (χ3n) is 5.09. The number of hydrogen-bond donors (Lipinski definition) is 1. The first-order valence-corrected chi connectivity index (χ1v) is 10.2. The standard InChI is InChI=1S/C15H28N2S2/c1-2-13-9-16-15(5-3-4-6-15)12-17(13)10-14-11-18-7-8-19-14/h13-14,16H,2-12H2,1H3. The Labute approximate surface area is 126 Å². The van der Waals surface area contributed by atoms with Gasteiger partial charge < -0.3 is 5.32 Å². The molecule has 2 aliphatic heterocycles. The Morgan fingerprint density at radius 2 is 2.11 bits per heavy atom. The summed E-state index contributed by atoms with van der Waals surface area (Å²) in [5, 5.41) is 4.79. The van der Waals surface area contributed by atoms with Gasteiger partial charge in [-0.1, -0.05) is 19.8 Å². The van der Waals surface area contributed by atoms with E-state index in [1.54, 1.807) is 0 Å². The molecule has 0 radical (unpaired) electrons. The number of rotatable bonds is 3. The van der Waals surface area contributed by atoms with Crippen LogP contribution in [0.15, 0.2) is 0 Å². The minimum Gasteiger partial charge on any atom is -0.308 e. The van der Waals surface area contributed by atoms with E-state index in [9.17, 15) is 0 Å². The molecule has 1 N–H and O–H groups in total. The van der Waals surface area contributed by atoms with Crippen LogP contribution >= 0.6 is 23.5 Å². The maximum absolute atomic E-state index is 3.91. The average molecular weight is 301 g/mol. The third-order valence-corrected chi connectivity index (χ3v) is 7.92. The van der Waals surface area contributed by atoms with Crippen molar-refractivity contribution in [3.05, 3.63) is 0 Å². The molecule has 3 rings (SSSR count). The zero-order valence-corrected chi connectivity index (χ0v) is 13.8. The first-order valence-electron chi connectivity index (χ1n) is 8.00. The van der Waals surface area contributed by atoms with Crippen LogP contribution in [0.5, 0.6) is 0 Å². The van der Waals surface area contributed by atoms with E-state index in [1.165, 1.54) is 69.0 Å². The molecule has 3 fully saturated rings. The van der Waals surface area contributed by atoms with Gasteiger partial charge in [-0.25, -0.2) is 0 Å². The highest BCUT2D eigenvalue weighted by Crippen LogP contribution is 2.34. The van der Waals surface area contributed by atoms with Gasteiger partial charge >= 0.3 is 0 Å². The Kier molecular flexibility index (Phi) is 5.05. The van der Waals surface area contributed by atoms with Gasteiger partial charge in [-0.2, -0.15) is 23.5 Å². The molecule has 2 unspecified atom stereocenters. The molecule has 2 nitrogen and oxygen atoms in total. The molecule has 1 aliphatic carbocycles. The molecule has 3 aliphatic rings. The normalized spacial score (nSPS) is 35.8. The maximum Gasteiger partial charge on any atom is 0.0309 e. The van der Waals surface area contributed by atoms with E-state index in [0.29, 0.717) is 5.54 Å².